The smallest absolute Gasteiger partial charge is 0.191 e. The summed E-state index contributed by atoms with van der Waals surface area (Å²) in [5, 5.41) is 16.6. The van der Waals surface area contributed by atoms with Crippen LogP contribution in [0, 0.1) is 0 Å². The van der Waals surface area contributed by atoms with Crippen molar-refractivity contribution < 1.29 is 9.84 Å². The molecule has 140 valence electrons. The van der Waals surface area contributed by atoms with E-state index in [2.05, 4.69) is 24.5 Å². The predicted octanol–water partition coefficient (Wildman–Crippen LogP) is 2.97. The number of nitrogens with one attached hydrogen (secondary N) is 2. The molecule has 0 amide bonds. The van der Waals surface area contributed by atoms with Gasteiger partial charge in [-0.15, -0.1) is 0 Å². The Labute approximate surface area is 147 Å². The van der Waals surface area contributed by atoms with E-state index in [1.807, 2.05) is 0 Å². The molecule has 2 fully saturated rings. The van der Waals surface area contributed by atoms with Gasteiger partial charge in [-0.3, -0.25) is 4.99 Å². The number of hydrogen-bond donors (Lipinski definition) is 3. The highest BCUT2D eigenvalue weighted by Gasteiger charge is 2.33. The molecule has 3 N–H and O–H groups in total. The molecule has 0 aliphatic heterocycles. The molecule has 2 rings (SSSR count). The van der Waals surface area contributed by atoms with Gasteiger partial charge in [-0.2, -0.15) is 0 Å². The molecule has 5 heteroatoms. The Kier molecular flexibility index (Phi) is 8.33. The highest BCUT2D eigenvalue weighted by molar-refractivity contribution is 5.80. The molecule has 0 heterocycles. The number of nitrogens with zero attached hydrogens (tertiary/aromatic N) is 1. The molecule has 24 heavy (non-hydrogen) atoms. The second-order valence-corrected chi connectivity index (χ2v) is 7.44. The molecule has 0 aromatic heterocycles. The van der Waals surface area contributed by atoms with Crippen LogP contribution < -0.4 is 10.6 Å². The van der Waals surface area contributed by atoms with Gasteiger partial charge >= 0.3 is 0 Å². The van der Waals surface area contributed by atoms with E-state index in [0.29, 0.717) is 6.04 Å². The predicted molar refractivity (Wildman–Crippen MR) is 99.4 cm³/mol. The van der Waals surface area contributed by atoms with Gasteiger partial charge in [0.15, 0.2) is 5.96 Å². The average molecular weight is 340 g/mol. The van der Waals surface area contributed by atoms with Crippen LogP contribution in [0.3, 0.4) is 0 Å². The maximum Gasteiger partial charge on any atom is 0.191 e. The molecule has 0 bridgehead atoms. The van der Waals surface area contributed by atoms with Crippen LogP contribution in [0.5, 0.6) is 0 Å². The van der Waals surface area contributed by atoms with Crippen LogP contribution in [-0.2, 0) is 4.74 Å². The third kappa shape index (κ3) is 6.25. The van der Waals surface area contributed by atoms with Gasteiger partial charge in [0.05, 0.1) is 18.2 Å². The lowest BCUT2D eigenvalue weighted by Gasteiger charge is -2.36. The number of rotatable bonds is 7. The van der Waals surface area contributed by atoms with Crippen LogP contribution in [0.25, 0.3) is 0 Å². The second kappa shape index (κ2) is 10.2. The van der Waals surface area contributed by atoms with E-state index in [1.54, 1.807) is 0 Å². The Morgan fingerprint density at radius 1 is 1.12 bits per heavy atom. The molecule has 5 nitrogen and oxygen atoms in total. The van der Waals surface area contributed by atoms with E-state index in [-0.39, 0.29) is 11.7 Å². The van der Waals surface area contributed by atoms with Gasteiger partial charge in [0, 0.05) is 19.2 Å². The van der Waals surface area contributed by atoms with Gasteiger partial charge < -0.3 is 20.5 Å². The van der Waals surface area contributed by atoms with Gasteiger partial charge in [0.2, 0.25) is 0 Å². The number of aliphatic hydroxyl groups excluding tert-OH is 1. The molecule has 0 atom stereocenters. The van der Waals surface area contributed by atoms with Crippen LogP contribution in [0.2, 0.25) is 0 Å². The van der Waals surface area contributed by atoms with E-state index in [9.17, 15) is 5.11 Å². The highest BCUT2D eigenvalue weighted by atomic mass is 16.5. The first kappa shape index (κ1) is 19.5. The molecule has 2 aliphatic rings. The molecular weight excluding hydrogens is 302 g/mol. The van der Waals surface area contributed by atoms with E-state index in [4.69, 9.17) is 9.73 Å². The van der Waals surface area contributed by atoms with Crippen molar-refractivity contribution in [2.24, 2.45) is 4.99 Å². The third-order valence-electron chi connectivity index (χ3n) is 5.28. The van der Waals surface area contributed by atoms with Gasteiger partial charge in [-0.1, -0.05) is 26.2 Å². The van der Waals surface area contributed by atoms with E-state index in [1.165, 1.54) is 19.3 Å². The first-order valence-electron chi connectivity index (χ1n) is 10.0. The summed E-state index contributed by atoms with van der Waals surface area (Å²) in [6.45, 7) is 6.72. The Balaban J connectivity index is 1.94. The lowest BCUT2D eigenvalue weighted by atomic mass is 9.84. The number of guanidine groups is 1. The van der Waals surface area contributed by atoms with Crippen molar-refractivity contribution in [1.82, 2.24) is 10.6 Å². The maximum absolute atomic E-state index is 9.66. The first-order valence-corrected chi connectivity index (χ1v) is 10.0. The van der Waals surface area contributed by atoms with E-state index < -0.39 is 0 Å². The summed E-state index contributed by atoms with van der Waals surface area (Å²) >= 11 is 0. The van der Waals surface area contributed by atoms with Crippen molar-refractivity contribution >= 4 is 5.96 Å². The number of aliphatic hydroxyl groups is 1. The van der Waals surface area contributed by atoms with Gasteiger partial charge in [-0.25, -0.2) is 0 Å². The summed E-state index contributed by atoms with van der Waals surface area (Å²) < 4.78 is 6.26. The van der Waals surface area contributed by atoms with Crippen LogP contribution in [0.4, 0.5) is 0 Å². The number of ether oxygens (including phenoxy) is 1. The summed E-state index contributed by atoms with van der Waals surface area (Å²) in [5.74, 6) is 0.906. The maximum atomic E-state index is 9.66. The van der Waals surface area contributed by atoms with E-state index >= 15 is 0 Å². The summed E-state index contributed by atoms with van der Waals surface area (Å²) in [4.78, 5) is 4.88. The van der Waals surface area contributed by atoms with Crippen molar-refractivity contribution in [2.75, 3.05) is 19.7 Å². The third-order valence-corrected chi connectivity index (χ3v) is 5.28. The minimum atomic E-state index is -0.115. The number of aliphatic imine (C=N–C) groups is 1. The Morgan fingerprint density at radius 3 is 2.46 bits per heavy atom. The SMILES string of the molecule is CCCOC1(CN=C(NCC)NC2CCC(O)CC2)CCCCC1. The minimum Gasteiger partial charge on any atom is -0.393 e. The minimum absolute atomic E-state index is 0.0562. The van der Waals surface area contributed by atoms with Crippen LogP contribution in [0.15, 0.2) is 4.99 Å². The van der Waals surface area contributed by atoms with Crippen LogP contribution >= 0.6 is 0 Å². The average Bonchev–Trinajstić information content (AvgIpc) is 2.61. The van der Waals surface area contributed by atoms with Gasteiger partial charge in [0.25, 0.3) is 0 Å². The fourth-order valence-electron chi connectivity index (χ4n) is 3.82. The van der Waals surface area contributed by atoms with E-state index in [0.717, 1.165) is 70.6 Å². The zero-order chi connectivity index (χ0) is 17.3. The molecule has 0 spiro atoms. The fourth-order valence-corrected chi connectivity index (χ4v) is 3.82. The Hall–Kier alpha value is -0.810. The summed E-state index contributed by atoms with van der Waals surface area (Å²) in [6.07, 6.45) is 10.9. The van der Waals surface area contributed by atoms with Crippen molar-refractivity contribution in [3.8, 4) is 0 Å². The second-order valence-electron chi connectivity index (χ2n) is 7.44. The van der Waals surface area contributed by atoms with Crippen molar-refractivity contribution in [3.05, 3.63) is 0 Å². The summed E-state index contributed by atoms with van der Waals surface area (Å²) in [5.41, 5.74) is -0.0562. The molecule has 2 aliphatic carbocycles. The molecule has 2 saturated carbocycles. The zero-order valence-electron chi connectivity index (χ0n) is 15.6. The standard InChI is InChI=1S/C19H37N3O2/c1-3-14-24-19(12-6-5-7-13-19)15-21-18(20-4-2)22-16-8-10-17(23)11-9-16/h16-17,23H,3-15H2,1-2H3,(H2,20,21,22). The normalized spacial score (nSPS) is 27.7. The lowest BCUT2D eigenvalue weighted by molar-refractivity contribution is -0.0624. The largest absolute Gasteiger partial charge is 0.393 e. The summed E-state index contributed by atoms with van der Waals surface area (Å²) in [7, 11) is 0. The molecule has 0 aromatic carbocycles. The topological polar surface area (TPSA) is 65.9 Å². The van der Waals surface area contributed by atoms with Crippen LogP contribution in [-0.4, -0.2) is 48.5 Å². The molecule has 0 aromatic rings. The van der Waals surface area contributed by atoms with Crippen molar-refractivity contribution in [3.63, 3.8) is 0 Å². The monoisotopic (exact) mass is 339 g/mol. The molecular formula is C19H37N3O2. The van der Waals surface area contributed by atoms with Gasteiger partial charge in [-0.05, 0) is 51.9 Å². The molecule has 0 unspecified atom stereocenters. The van der Waals surface area contributed by atoms with Crippen molar-refractivity contribution in [2.45, 2.75) is 95.8 Å². The zero-order valence-corrected chi connectivity index (χ0v) is 15.6. The quantitative estimate of drug-likeness (QED) is 0.493. The summed E-state index contributed by atoms with van der Waals surface area (Å²) in [6, 6.07) is 0.421. The molecule has 0 radical (unpaired) electrons. The first-order chi connectivity index (χ1) is 11.7. The Morgan fingerprint density at radius 2 is 1.83 bits per heavy atom. The van der Waals surface area contributed by atoms with Crippen LogP contribution in [0.1, 0.15) is 78.1 Å². The number of hydrogen-bond acceptors (Lipinski definition) is 3. The van der Waals surface area contributed by atoms with Crippen molar-refractivity contribution in [1.29, 1.82) is 0 Å². The fraction of sp³-hybridized carbons (Fsp3) is 0.947. The molecule has 0 saturated heterocycles. The van der Waals surface area contributed by atoms with Gasteiger partial charge in [0.1, 0.15) is 0 Å². The highest BCUT2D eigenvalue weighted by Crippen LogP contribution is 2.32. The lowest BCUT2D eigenvalue weighted by Crippen LogP contribution is -2.47. The Bertz CT molecular complexity index is 373.